The van der Waals surface area contributed by atoms with Crippen molar-refractivity contribution in [2.24, 2.45) is 0 Å². The van der Waals surface area contributed by atoms with E-state index in [2.05, 4.69) is 10.6 Å². The molecule has 0 aliphatic carbocycles. The van der Waals surface area contributed by atoms with Crippen LogP contribution in [0.4, 0.5) is 17.1 Å². The largest absolute Gasteiger partial charge is 0.493 e. The number of carbonyl (C=O) groups excluding carboxylic acids is 1. The Balaban J connectivity index is 1.54. The molecule has 3 aromatic carbocycles. The molecule has 0 saturated heterocycles. The van der Waals surface area contributed by atoms with Crippen LogP contribution in [0.1, 0.15) is 15.9 Å². The number of carbonyl (C=O) groups is 1. The fourth-order valence-corrected chi connectivity index (χ4v) is 2.87. The third-order valence-electron chi connectivity index (χ3n) is 4.50. The van der Waals surface area contributed by atoms with Crippen LogP contribution in [0.2, 0.25) is 0 Å². The number of anilines is 3. The SMILES string of the molecule is COc1ccc(NCC=Cc2ccc(C(=O)Nc3ccccc3N)cc2)cc1OC. The lowest BCUT2D eigenvalue weighted by Crippen LogP contribution is -2.12. The molecule has 3 aromatic rings. The molecule has 0 aliphatic rings. The second-order valence-electron chi connectivity index (χ2n) is 6.52. The second-order valence-corrected chi connectivity index (χ2v) is 6.52. The molecule has 1 amide bonds. The highest BCUT2D eigenvalue weighted by Gasteiger charge is 2.07. The highest BCUT2D eigenvalue weighted by molar-refractivity contribution is 6.05. The van der Waals surface area contributed by atoms with Crippen LogP contribution in [0.25, 0.3) is 6.08 Å². The van der Waals surface area contributed by atoms with Crippen molar-refractivity contribution in [1.29, 1.82) is 0 Å². The van der Waals surface area contributed by atoms with Gasteiger partial charge in [-0.25, -0.2) is 0 Å². The summed E-state index contributed by atoms with van der Waals surface area (Å²) in [7, 11) is 3.22. The van der Waals surface area contributed by atoms with Crippen LogP contribution < -0.4 is 25.8 Å². The number of ether oxygens (including phenoxy) is 2. The first-order valence-corrected chi connectivity index (χ1v) is 9.49. The number of para-hydroxylation sites is 2. The van der Waals surface area contributed by atoms with E-state index < -0.39 is 0 Å². The molecule has 4 N–H and O–H groups in total. The molecule has 0 aliphatic heterocycles. The molecule has 0 aromatic heterocycles. The molecule has 3 rings (SSSR count). The van der Waals surface area contributed by atoms with E-state index in [-0.39, 0.29) is 5.91 Å². The summed E-state index contributed by atoms with van der Waals surface area (Å²) in [5.41, 5.74) is 9.51. The number of methoxy groups -OCH3 is 2. The number of hydrogen-bond donors (Lipinski definition) is 3. The first kappa shape index (κ1) is 20.8. The van der Waals surface area contributed by atoms with Gasteiger partial charge >= 0.3 is 0 Å². The first-order chi connectivity index (χ1) is 14.6. The number of nitrogens with one attached hydrogen (secondary N) is 2. The van der Waals surface area contributed by atoms with Crippen LogP contribution >= 0.6 is 0 Å². The summed E-state index contributed by atoms with van der Waals surface area (Å²) < 4.78 is 10.5. The van der Waals surface area contributed by atoms with Crippen molar-refractivity contribution in [3.05, 3.63) is 83.9 Å². The topological polar surface area (TPSA) is 85.6 Å². The molecule has 0 spiro atoms. The van der Waals surface area contributed by atoms with Crippen molar-refractivity contribution in [3.8, 4) is 11.5 Å². The fraction of sp³-hybridized carbons (Fsp3) is 0.125. The fourth-order valence-electron chi connectivity index (χ4n) is 2.87. The van der Waals surface area contributed by atoms with Crippen LogP contribution in [0.5, 0.6) is 11.5 Å². The van der Waals surface area contributed by atoms with Crippen LogP contribution in [-0.2, 0) is 0 Å². The minimum absolute atomic E-state index is 0.196. The molecule has 154 valence electrons. The van der Waals surface area contributed by atoms with Gasteiger partial charge in [-0.3, -0.25) is 4.79 Å². The van der Waals surface area contributed by atoms with Crippen molar-refractivity contribution >= 4 is 29.0 Å². The van der Waals surface area contributed by atoms with Gasteiger partial charge in [0.1, 0.15) is 0 Å². The normalized spacial score (nSPS) is 10.6. The third kappa shape index (κ3) is 5.32. The zero-order chi connectivity index (χ0) is 21.3. The molecule has 0 bridgehead atoms. The minimum atomic E-state index is -0.196. The summed E-state index contributed by atoms with van der Waals surface area (Å²) >= 11 is 0. The van der Waals surface area contributed by atoms with Crippen LogP contribution in [0.15, 0.2) is 72.8 Å². The summed E-state index contributed by atoms with van der Waals surface area (Å²) in [4.78, 5) is 12.4. The van der Waals surface area contributed by atoms with Gasteiger partial charge in [0.15, 0.2) is 11.5 Å². The first-order valence-electron chi connectivity index (χ1n) is 9.49. The molecule has 0 fully saturated rings. The molecule has 6 nitrogen and oxygen atoms in total. The summed E-state index contributed by atoms with van der Waals surface area (Å²) in [6.45, 7) is 0.644. The third-order valence-corrected chi connectivity index (χ3v) is 4.50. The zero-order valence-electron chi connectivity index (χ0n) is 17.0. The Kier molecular flexibility index (Phi) is 6.95. The molecule has 30 heavy (non-hydrogen) atoms. The van der Waals surface area contributed by atoms with Crippen LogP contribution in [0.3, 0.4) is 0 Å². The molecule has 0 atom stereocenters. The highest BCUT2D eigenvalue weighted by Crippen LogP contribution is 2.29. The van der Waals surface area contributed by atoms with Gasteiger partial charge in [-0.2, -0.15) is 0 Å². The van der Waals surface area contributed by atoms with Crippen molar-refractivity contribution < 1.29 is 14.3 Å². The van der Waals surface area contributed by atoms with Crippen molar-refractivity contribution in [3.63, 3.8) is 0 Å². The van der Waals surface area contributed by atoms with Gasteiger partial charge in [0.25, 0.3) is 5.91 Å². The number of nitrogens with two attached hydrogens (primary N) is 1. The van der Waals surface area contributed by atoms with E-state index in [4.69, 9.17) is 15.2 Å². The summed E-state index contributed by atoms with van der Waals surface area (Å²) in [6, 6.07) is 20.2. The predicted octanol–water partition coefficient (Wildman–Crippen LogP) is 4.66. The zero-order valence-corrected chi connectivity index (χ0v) is 17.0. The van der Waals surface area contributed by atoms with E-state index in [9.17, 15) is 4.79 Å². The summed E-state index contributed by atoms with van der Waals surface area (Å²) in [5.74, 6) is 1.17. The van der Waals surface area contributed by atoms with E-state index in [0.29, 0.717) is 35.0 Å². The number of amides is 1. The van der Waals surface area contributed by atoms with Crippen molar-refractivity contribution in [1.82, 2.24) is 0 Å². The molecule has 0 radical (unpaired) electrons. The number of benzene rings is 3. The lowest BCUT2D eigenvalue weighted by molar-refractivity contribution is 0.102. The number of hydrogen-bond acceptors (Lipinski definition) is 5. The Labute approximate surface area is 176 Å². The van der Waals surface area contributed by atoms with Gasteiger partial charge in [-0.05, 0) is 42.0 Å². The van der Waals surface area contributed by atoms with E-state index >= 15 is 0 Å². The van der Waals surface area contributed by atoms with Crippen molar-refractivity contribution in [2.45, 2.75) is 0 Å². The quantitative estimate of drug-likeness (QED) is 0.476. The monoisotopic (exact) mass is 403 g/mol. The Morgan fingerprint density at radius 1 is 0.967 bits per heavy atom. The standard InChI is InChI=1S/C24H25N3O3/c1-29-22-14-13-19(16-23(22)30-2)26-15-5-6-17-9-11-18(12-10-17)24(28)27-21-8-4-3-7-20(21)25/h3-14,16,26H,15,25H2,1-2H3,(H,27,28). The second kappa shape index (κ2) is 10.0. The van der Waals surface area contributed by atoms with Gasteiger partial charge in [0.05, 0.1) is 25.6 Å². The Hall–Kier alpha value is -3.93. The lowest BCUT2D eigenvalue weighted by atomic mass is 10.1. The van der Waals surface area contributed by atoms with Gasteiger partial charge < -0.3 is 25.8 Å². The molecular formula is C24H25N3O3. The Bertz CT molecular complexity index is 1030. The molecular weight excluding hydrogens is 378 g/mol. The van der Waals surface area contributed by atoms with E-state index in [1.165, 1.54) is 0 Å². The molecule has 0 unspecified atom stereocenters. The lowest BCUT2D eigenvalue weighted by Gasteiger charge is -2.10. The minimum Gasteiger partial charge on any atom is -0.493 e. The van der Waals surface area contributed by atoms with E-state index in [1.807, 2.05) is 54.6 Å². The maximum atomic E-state index is 12.4. The van der Waals surface area contributed by atoms with E-state index in [1.54, 1.807) is 38.5 Å². The predicted molar refractivity (Wildman–Crippen MR) is 122 cm³/mol. The summed E-state index contributed by atoms with van der Waals surface area (Å²) in [6.07, 6.45) is 4.00. The molecule has 6 heteroatoms. The number of rotatable bonds is 8. The van der Waals surface area contributed by atoms with E-state index in [0.717, 1.165) is 11.3 Å². The van der Waals surface area contributed by atoms with Gasteiger partial charge in [0.2, 0.25) is 0 Å². The van der Waals surface area contributed by atoms with Crippen LogP contribution in [-0.4, -0.2) is 26.7 Å². The molecule has 0 heterocycles. The maximum Gasteiger partial charge on any atom is 0.255 e. The Morgan fingerprint density at radius 2 is 1.70 bits per heavy atom. The molecule has 0 saturated carbocycles. The van der Waals surface area contributed by atoms with Gasteiger partial charge in [-0.1, -0.05) is 36.4 Å². The maximum absolute atomic E-state index is 12.4. The number of nitrogen functional groups attached to an aromatic ring is 1. The van der Waals surface area contributed by atoms with Crippen molar-refractivity contribution in [2.75, 3.05) is 37.1 Å². The smallest absolute Gasteiger partial charge is 0.255 e. The summed E-state index contributed by atoms with van der Waals surface area (Å²) in [5, 5.41) is 6.13. The van der Waals surface area contributed by atoms with Crippen LogP contribution in [0, 0.1) is 0 Å². The van der Waals surface area contributed by atoms with Gasteiger partial charge in [0, 0.05) is 23.9 Å². The highest BCUT2D eigenvalue weighted by atomic mass is 16.5. The van der Waals surface area contributed by atoms with Gasteiger partial charge in [-0.15, -0.1) is 0 Å². The Morgan fingerprint density at radius 3 is 2.40 bits per heavy atom. The average Bonchev–Trinajstić information content (AvgIpc) is 2.78. The average molecular weight is 403 g/mol.